The number of nitrogens with zero attached hydrogens (tertiary/aromatic N) is 5. The van der Waals surface area contributed by atoms with E-state index in [9.17, 15) is 4.79 Å². The molecule has 0 aliphatic carbocycles. The van der Waals surface area contributed by atoms with Crippen LogP contribution >= 0.6 is 0 Å². The highest BCUT2D eigenvalue weighted by molar-refractivity contribution is 5.95. The summed E-state index contributed by atoms with van der Waals surface area (Å²) in [5, 5.41) is 8.96. The van der Waals surface area contributed by atoms with Crippen LogP contribution in [0.3, 0.4) is 0 Å². The smallest absolute Gasteiger partial charge is 0.254 e. The van der Waals surface area contributed by atoms with Crippen LogP contribution in [0.2, 0.25) is 0 Å². The van der Waals surface area contributed by atoms with Gasteiger partial charge in [0.15, 0.2) is 23.1 Å². The van der Waals surface area contributed by atoms with Crippen molar-refractivity contribution in [1.82, 2.24) is 15.1 Å². The van der Waals surface area contributed by atoms with Crippen molar-refractivity contribution in [2.75, 3.05) is 55.9 Å². The number of fused-ring (bicyclic) bond motifs is 1. The lowest BCUT2D eigenvalue weighted by Crippen LogP contribution is -2.49. The molecule has 1 aromatic heterocycles. The van der Waals surface area contributed by atoms with E-state index >= 15 is 0 Å². The quantitative estimate of drug-likeness (QED) is 0.771. The number of rotatable bonds is 3. The van der Waals surface area contributed by atoms with Gasteiger partial charge in [-0.15, -0.1) is 10.2 Å². The lowest BCUT2D eigenvalue weighted by molar-refractivity contribution is 0.0746. The molecule has 0 atom stereocenters. The fourth-order valence-electron chi connectivity index (χ4n) is 4.31. The Morgan fingerprint density at radius 2 is 1.37 bits per heavy atom. The third-order valence-corrected chi connectivity index (χ3v) is 6.08. The largest absolute Gasteiger partial charge is 0.454 e. The van der Waals surface area contributed by atoms with Crippen LogP contribution in [0.5, 0.6) is 11.5 Å². The third-order valence-electron chi connectivity index (χ3n) is 6.08. The van der Waals surface area contributed by atoms with Crippen molar-refractivity contribution in [2.45, 2.75) is 25.7 Å². The van der Waals surface area contributed by atoms with Crippen molar-refractivity contribution in [3.63, 3.8) is 0 Å². The third kappa shape index (κ3) is 3.86. The second-order valence-corrected chi connectivity index (χ2v) is 8.00. The number of amides is 1. The van der Waals surface area contributed by atoms with Crippen LogP contribution < -0.4 is 19.3 Å². The first-order chi connectivity index (χ1) is 14.8. The number of carbonyl (C=O) groups excluding carboxylic acids is 1. The Kier molecular flexibility index (Phi) is 5.29. The molecule has 1 aromatic carbocycles. The van der Waals surface area contributed by atoms with Crippen LogP contribution in [0, 0.1) is 0 Å². The van der Waals surface area contributed by atoms with Crippen molar-refractivity contribution in [1.29, 1.82) is 0 Å². The van der Waals surface area contributed by atoms with Crippen molar-refractivity contribution >= 4 is 17.5 Å². The van der Waals surface area contributed by atoms with Gasteiger partial charge in [-0.2, -0.15) is 0 Å². The molecule has 158 valence electrons. The summed E-state index contributed by atoms with van der Waals surface area (Å²) in [5.41, 5.74) is 0.634. The van der Waals surface area contributed by atoms with Gasteiger partial charge in [-0.05, 0) is 43.2 Å². The van der Waals surface area contributed by atoms with E-state index in [1.165, 1.54) is 25.7 Å². The van der Waals surface area contributed by atoms with Crippen molar-refractivity contribution in [3.8, 4) is 11.5 Å². The molecule has 3 aliphatic heterocycles. The SMILES string of the molecule is O=C(c1ccc2c(c1)OCO2)N1CCN(c2ccc(N3CCCCCC3)nn2)CC1. The highest BCUT2D eigenvalue weighted by atomic mass is 16.7. The fourth-order valence-corrected chi connectivity index (χ4v) is 4.31. The van der Waals surface area contributed by atoms with Crippen molar-refractivity contribution in [2.24, 2.45) is 0 Å². The maximum absolute atomic E-state index is 12.9. The van der Waals surface area contributed by atoms with E-state index in [0.29, 0.717) is 30.2 Å². The maximum Gasteiger partial charge on any atom is 0.254 e. The number of hydrogen-bond donors (Lipinski definition) is 0. The number of benzene rings is 1. The monoisotopic (exact) mass is 409 g/mol. The summed E-state index contributed by atoms with van der Waals surface area (Å²) in [7, 11) is 0. The molecule has 2 saturated heterocycles. The molecule has 8 nitrogen and oxygen atoms in total. The first-order valence-corrected chi connectivity index (χ1v) is 10.8. The summed E-state index contributed by atoms with van der Waals surface area (Å²) in [4.78, 5) is 19.3. The highest BCUT2D eigenvalue weighted by Crippen LogP contribution is 2.33. The first kappa shape index (κ1) is 19.0. The number of ether oxygens (including phenoxy) is 2. The summed E-state index contributed by atoms with van der Waals surface area (Å²) in [6, 6.07) is 9.51. The van der Waals surface area contributed by atoms with Crippen molar-refractivity contribution < 1.29 is 14.3 Å². The van der Waals surface area contributed by atoms with E-state index in [-0.39, 0.29) is 12.7 Å². The molecule has 4 heterocycles. The van der Waals surface area contributed by atoms with E-state index in [1.54, 1.807) is 18.2 Å². The van der Waals surface area contributed by atoms with Gasteiger partial charge in [-0.1, -0.05) is 12.8 Å². The predicted molar refractivity (Wildman–Crippen MR) is 113 cm³/mol. The molecule has 0 N–H and O–H groups in total. The van der Waals surface area contributed by atoms with Gasteiger partial charge in [0.05, 0.1) is 0 Å². The summed E-state index contributed by atoms with van der Waals surface area (Å²) >= 11 is 0. The molecular weight excluding hydrogens is 382 g/mol. The Hall–Kier alpha value is -3.03. The van der Waals surface area contributed by atoms with Crippen LogP contribution in [0.25, 0.3) is 0 Å². The molecule has 2 aromatic rings. The van der Waals surface area contributed by atoms with Crippen LogP contribution in [0.1, 0.15) is 36.0 Å². The van der Waals surface area contributed by atoms with Crippen LogP contribution in [-0.4, -0.2) is 67.1 Å². The van der Waals surface area contributed by atoms with Gasteiger partial charge in [0, 0.05) is 44.8 Å². The Morgan fingerprint density at radius 1 is 0.733 bits per heavy atom. The molecule has 0 spiro atoms. The Morgan fingerprint density at radius 3 is 2.03 bits per heavy atom. The van der Waals surface area contributed by atoms with Gasteiger partial charge in [-0.25, -0.2) is 0 Å². The minimum atomic E-state index is 0.0237. The van der Waals surface area contributed by atoms with Crippen LogP contribution in [0.4, 0.5) is 11.6 Å². The minimum absolute atomic E-state index is 0.0237. The van der Waals surface area contributed by atoms with Crippen LogP contribution in [0.15, 0.2) is 30.3 Å². The molecule has 2 fully saturated rings. The van der Waals surface area contributed by atoms with E-state index in [1.807, 2.05) is 4.90 Å². The summed E-state index contributed by atoms with van der Waals surface area (Å²) in [6.45, 7) is 5.14. The molecule has 5 rings (SSSR count). The summed E-state index contributed by atoms with van der Waals surface area (Å²) < 4.78 is 10.7. The zero-order valence-electron chi connectivity index (χ0n) is 17.1. The average Bonchev–Trinajstić information content (AvgIpc) is 3.11. The van der Waals surface area contributed by atoms with E-state index in [2.05, 4.69) is 32.1 Å². The second kappa shape index (κ2) is 8.38. The van der Waals surface area contributed by atoms with E-state index in [0.717, 1.165) is 37.8 Å². The fraction of sp³-hybridized carbons (Fsp3) is 0.500. The molecule has 0 bridgehead atoms. The van der Waals surface area contributed by atoms with Gasteiger partial charge >= 0.3 is 0 Å². The normalized spacial score (nSPS) is 19.0. The Labute approximate surface area is 176 Å². The van der Waals surface area contributed by atoms with E-state index in [4.69, 9.17) is 9.47 Å². The average molecular weight is 409 g/mol. The molecule has 0 radical (unpaired) electrons. The Balaban J connectivity index is 1.19. The molecule has 8 heteroatoms. The maximum atomic E-state index is 12.9. The minimum Gasteiger partial charge on any atom is -0.454 e. The number of aromatic nitrogens is 2. The lowest BCUT2D eigenvalue weighted by atomic mass is 10.1. The van der Waals surface area contributed by atoms with E-state index < -0.39 is 0 Å². The molecule has 1 amide bonds. The van der Waals surface area contributed by atoms with Gasteiger partial charge in [-0.3, -0.25) is 4.79 Å². The van der Waals surface area contributed by atoms with Crippen LogP contribution in [-0.2, 0) is 0 Å². The predicted octanol–water partition coefficient (Wildman–Crippen LogP) is 2.55. The molecule has 3 aliphatic rings. The second-order valence-electron chi connectivity index (χ2n) is 8.00. The summed E-state index contributed by atoms with van der Waals surface area (Å²) in [5.74, 6) is 3.20. The zero-order valence-corrected chi connectivity index (χ0v) is 17.1. The standard InChI is InChI=1S/C22H27N5O3/c28-22(17-5-6-18-19(15-17)30-16-29-18)27-13-11-26(12-14-27)21-8-7-20(23-24-21)25-9-3-1-2-4-10-25/h5-8,15H,1-4,9-14,16H2. The molecular formula is C22H27N5O3. The first-order valence-electron chi connectivity index (χ1n) is 10.8. The Bertz CT molecular complexity index is 888. The molecule has 0 unspecified atom stereocenters. The summed E-state index contributed by atoms with van der Waals surface area (Å²) in [6.07, 6.45) is 5.06. The van der Waals surface area contributed by atoms with Gasteiger partial charge in [0.1, 0.15) is 0 Å². The number of carbonyl (C=O) groups is 1. The highest BCUT2D eigenvalue weighted by Gasteiger charge is 2.25. The number of hydrogen-bond acceptors (Lipinski definition) is 7. The molecule has 30 heavy (non-hydrogen) atoms. The van der Waals surface area contributed by atoms with Gasteiger partial charge < -0.3 is 24.2 Å². The topological polar surface area (TPSA) is 71.0 Å². The van der Waals surface area contributed by atoms with Gasteiger partial charge in [0.2, 0.25) is 6.79 Å². The zero-order chi connectivity index (χ0) is 20.3. The van der Waals surface area contributed by atoms with Crippen molar-refractivity contribution in [3.05, 3.63) is 35.9 Å². The molecule has 0 saturated carbocycles. The lowest BCUT2D eigenvalue weighted by Gasteiger charge is -2.35. The number of anilines is 2. The van der Waals surface area contributed by atoms with Gasteiger partial charge in [0.25, 0.3) is 5.91 Å². The number of piperazine rings is 1.